The van der Waals surface area contributed by atoms with Crippen LogP contribution in [0.5, 0.6) is 0 Å². The highest BCUT2D eigenvalue weighted by Gasteiger charge is 2.21. The van der Waals surface area contributed by atoms with Crippen molar-refractivity contribution >= 4 is 35.1 Å². The Morgan fingerprint density at radius 1 is 1.29 bits per heavy atom. The first-order valence-electron chi connectivity index (χ1n) is 8.50. The quantitative estimate of drug-likeness (QED) is 0.561. The van der Waals surface area contributed by atoms with E-state index in [2.05, 4.69) is 25.5 Å². The first-order chi connectivity index (χ1) is 13.6. The molecule has 0 radical (unpaired) electrons. The molecular formula is C18H19ClN6O2S. The number of nitrogens with zero attached hydrogens (tertiary/aromatic N) is 5. The maximum absolute atomic E-state index is 12.5. The Morgan fingerprint density at radius 3 is 2.75 bits per heavy atom. The molecular weight excluding hydrogens is 400 g/mol. The molecule has 8 nitrogen and oxygen atoms in total. The molecule has 3 aromatic rings. The first kappa shape index (κ1) is 20.2. The van der Waals surface area contributed by atoms with Gasteiger partial charge in [0.25, 0.3) is 0 Å². The summed E-state index contributed by atoms with van der Waals surface area (Å²) in [4.78, 5) is 20.6. The number of pyridine rings is 2. The molecule has 146 valence electrons. The molecule has 1 amide bonds. The molecule has 0 spiro atoms. The molecule has 28 heavy (non-hydrogen) atoms. The van der Waals surface area contributed by atoms with Crippen LogP contribution in [0.25, 0.3) is 11.4 Å². The molecule has 3 heterocycles. The average molecular weight is 419 g/mol. The van der Waals surface area contributed by atoms with Gasteiger partial charge < -0.3 is 10.1 Å². The highest BCUT2D eigenvalue weighted by Crippen LogP contribution is 2.27. The zero-order valence-electron chi connectivity index (χ0n) is 15.4. The number of carbonyl (C=O) groups excluding carboxylic acids is 1. The van der Waals surface area contributed by atoms with Gasteiger partial charge in [-0.1, -0.05) is 23.4 Å². The predicted molar refractivity (Wildman–Crippen MR) is 108 cm³/mol. The summed E-state index contributed by atoms with van der Waals surface area (Å²) in [6, 6.07) is 7.05. The molecule has 0 bridgehead atoms. The van der Waals surface area contributed by atoms with Crippen molar-refractivity contribution in [2.75, 3.05) is 19.0 Å². The Bertz CT molecular complexity index is 920. The van der Waals surface area contributed by atoms with Gasteiger partial charge in [-0.05, 0) is 31.2 Å². The van der Waals surface area contributed by atoms with Crippen LogP contribution in [0.1, 0.15) is 6.92 Å². The second-order valence-electron chi connectivity index (χ2n) is 5.80. The molecule has 10 heteroatoms. The fourth-order valence-electron chi connectivity index (χ4n) is 2.36. The summed E-state index contributed by atoms with van der Waals surface area (Å²) >= 11 is 7.14. The summed E-state index contributed by atoms with van der Waals surface area (Å²) in [6.07, 6.45) is 4.89. The molecule has 0 fully saturated rings. The molecule has 1 N–H and O–H groups in total. The molecule has 1 atom stereocenters. The Hall–Kier alpha value is -2.49. The van der Waals surface area contributed by atoms with Crippen LogP contribution in [-0.2, 0) is 16.1 Å². The fraction of sp³-hybridized carbons (Fsp3) is 0.278. The van der Waals surface area contributed by atoms with E-state index in [-0.39, 0.29) is 5.91 Å². The van der Waals surface area contributed by atoms with Gasteiger partial charge in [0.15, 0.2) is 11.0 Å². The number of thioether (sulfide) groups is 1. The Kier molecular flexibility index (Phi) is 6.96. The monoisotopic (exact) mass is 418 g/mol. The number of amides is 1. The minimum atomic E-state index is -0.409. The molecule has 3 rings (SSSR count). The summed E-state index contributed by atoms with van der Waals surface area (Å²) in [6.45, 7) is 2.87. The highest BCUT2D eigenvalue weighted by molar-refractivity contribution is 8.00. The number of rotatable bonds is 8. The minimum Gasteiger partial charge on any atom is -0.383 e. The number of anilines is 1. The van der Waals surface area contributed by atoms with Gasteiger partial charge in [-0.15, -0.1) is 10.2 Å². The lowest BCUT2D eigenvalue weighted by atomic mass is 10.2. The van der Waals surface area contributed by atoms with E-state index >= 15 is 0 Å². The molecule has 0 aliphatic rings. The number of methoxy groups -OCH3 is 1. The normalized spacial score (nSPS) is 12.0. The molecule has 0 aliphatic carbocycles. The van der Waals surface area contributed by atoms with Crippen LogP contribution in [0.15, 0.2) is 48.0 Å². The number of carbonyl (C=O) groups is 1. The van der Waals surface area contributed by atoms with Crippen molar-refractivity contribution in [2.45, 2.75) is 23.9 Å². The van der Waals surface area contributed by atoms with Crippen LogP contribution in [0, 0.1) is 0 Å². The molecule has 0 saturated carbocycles. The first-order valence-corrected chi connectivity index (χ1v) is 9.76. The largest absolute Gasteiger partial charge is 0.383 e. The van der Waals surface area contributed by atoms with Gasteiger partial charge >= 0.3 is 0 Å². The Labute approximate surface area is 171 Å². The lowest BCUT2D eigenvalue weighted by Crippen LogP contribution is -2.23. The van der Waals surface area contributed by atoms with Crippen LogP contribution >= 0.6 is 23.4 Å². The third kappa shape index (κ3) is 5.06. The SMILES string of the molecule is COCCn1c(S[C@H](C)C(=O)Nc2ccc(Cl)cn2)nnc1-c1ccncc1. The number of halogens is 1. The third-order valence-corrected chi connectivity index (χ3v) is 5.11. The van der Waals surface area contributed by atoms with Crippen molar-refractivity contribution in [3.05, 3.63) is 47.9 Å². The van der Waals surface area contributed by atoms with Crippen molar-refractivity contribution in [1.82, 2.24) is 24.7 Å². The Balaban J connectivity index is 1.75. The second kappa shape index (κ2) is 9.63. The molecule has 0 unspecified atom stereocenters. The van der Waals surface area contributed by atoms with E-state index in [1.807, 2.05) is 16.7 Å². The maximum Gasteiger partial charge on any atom is 0.238 e. The average Bonchev–Trinajstić information content (AvgIpc) is 3.11. The van der Waals surface area contributed by atoms with Crippen molar-refractivity contribution < 1.29 is 9.53 Å². The number of hydrogen-bond acceptors (Lipinski definition) is 7. The van der Waals surface area contributed by atoms with Crippen LogP contribution < -0.4 is 5.32 Å². The van der Waals surface area contributed by atoms with E-state index in [1.165, 1.54) is 18.0 Å². The zero-order valence-corrected chi connectivity index (χ0v) is 16.9. The minimum absolute atomic E-state index is 0.188. The van der Waals surface area contributed by atoms with Crippen LogP contribution in [0.3, 0.4) is 0 Å². The van der Waals surface area contributed by atoms with Crippen molar-refractivity contribution in [3.63, 3.8) is 0 Å². The van der Waals surface area contributed by atoms with Gasteiger partial charge in [0.05, 0.1) is 23.4 Å². The lowest BCUT2D eigenvalue weighted by Gasteiger charge is -2.13. The third-order valence-electron chi connectivity index (χ3n) is 3.80. The van der Waals surface area contributed by atoms with Gasteiger partial charge in [-0.3, -0.25) is 14.3 Å². The van der Waals surface area contributed by atoms with E-state index in [1.54, 1.807) is 38.6 Å². The predicted octanol–water partition coefficient (Wildman–Crippen LogP) is 3.15. The summed E-state index contributed by atoms with van der Waals surface area (Å²) in [5, 5.41) is 12.1. The summed E-state index contributed by atoms with van der Waals surface area (Å²) in [7, 11) is 1.64. The molecule has 0 saturated heterocycles. The lowest BCUT2D eigenvalue weighted by molar-refractivity contribution is -0.115. The Morgan fingerprint density at radius 2 is 2.07 bits per heavy atom. The van der Waals surface area contributed by atoms with Crippen LogP contribution in [-0.4, -0.2) is 49.6 Å². The summed E-state index contributed by atoms with van der Waals surface area (Å²) in [5.41, 5.74) is 0.896. The fourth-order valence-corrected chi connectivity index (χ4v) is 3.35. The molecule has 0 aromatic carbocycles. The van der Waals surface area contributed by atoms with E-state index in [4.69, 9.17) is 16.3 Å². The second-order valence-corrected chi connectivity index (χ2v) is 7.54. The summed E-state index contributed by atoms with van der Waals surface area (Å²) in [5.74, 6) is 0.959. The van der Waals surface area contributed by atoms with Crippen LogP contribution in [0.4, 0.5) is 5.82 Å². The highest BCUT2D eigenvalue weighted by atomic mass is 35.5. The van der Waals surface area contributed by atoms with Crippen molar-refractivity contribution in [2.24, 2.45) is 0 Å². The zero-order chi connectivity index (χ0) is 19.9. The number of hydrogen-bond donors (Lipinski definition) is 1. The van der Waals surface area contributed by atoms with E-state index < -0.39 is 5.25 Å². The molecule has 3 aromatic heterocycles. The van der Waals surface area contributed by atoms with Crippen molar-refractivity contribution in [1.29, 1.82) is 0 Å². The topological polar surface area (TPSA) is 94.8 Å². The van der Waals surface area contributed by atoms with Gasteiger partial charge in [0.1, 0.15) is 5.82 Å². The van der Waals surface area contributed by atoms with Gasteiger partial charge in [-0.2, -0.15) is 0 Å². The van der Waals surface area contributed by atoms with E-state index in [0.717, 1.165) is 5.56 Å². The maximum atomic E-state index is 12.5. The van der Waals surface area contributed by atoms with Gasteiger partial charge in [-0.25, -0.2) is 4.98 Å². The smallest absolute Gasteiger partial charge is 0.238 e. The van der Waals surface area contributed by atoms with Gasteiger partial charge in [0.2, 0.25) is 5.91 Å². The van der Waals surface area contributed by atoms with Crippen LogP contribution in [0.2, 0.25) is 5.02 Å². The standard InChI is InChI=1S/C18H19ClN6O2S/c1-12(17(26)22-15-4-3-14(19)11-21-15)28-18-24-23-16(25(18)9-10-27-2)13-5-7-20-8-6-13/h3-8,11-12H,9-10H2,1-2H3,(H,21,22,26)/t12-/m1/s1. The van der Waals surface area contributed by atoms with Gasteiger partial charge in [0, 0.05) is 31.3 Å². The number of aromatic nitrogens is 5. The molecule has 0 aliphatic heterocycles. The van der Waals surface area contributed by atoms with Crippen molar-refractivity contribution in [3.8, 4) is 11.4 Å². The van der Waals surface area contributed by atoms with E-state index in [9.17, 15) is 4.79 Å². The summed E-state index contributed by atoms with van der Waals surface area (Å²) < 4.78 is 7.14. The number of nitrogens with one attached hydrogen (secondary N) is 1. The number of ether oxygens (including phenoxy) is 1. The van der Waals surface area contributed by atoms with E-state index in [0.29, 0.717) is 35.0 Å².